The molecule has 4 heteroatoms. The molecule has 1 aliphatic carbocycles. The van der Waals surface area contributed by atoms with Crippen molar-refractivity contribution in [3.63, 3.8) is 0 Å². The maximum absolute atomic E-state index is 12.0. The van der Waals surface area contributed by atoms with Gasteiger partial charge >= 0.3 is 5.97 Å². The average Bonchev–Trinajstić information content (AvgIpc) is 2.88. The van der Waals surface area contributed by atoms with Gasteiger partial charge in [-0.2, -0.15) is 0 Å². The Morgan fingerprint density at radius 2 is 1.51 bits per heavy atom. The number of hydrogen-bond acceptors (Lipinski definition) is 1. The molecule has 0 unspecified atom stereocenters. The first-order valence-electron chi connectivity index (χ1n) is 15.9. The summed E-state index contributed by atoms with van der Waals surface area (Å²) in [6.45, 7) is 15.0. The van der Waals surface area contributed by atoms with Crippen molar-refractivity contribution in [3.05, 3.63) is 59.2 Å². The number of rotatable bonds is 15. The molecule has 0 radical (unpaired) electrons. The van der Waals surface area contributed by atoms with Crippen molar-refractivity contribution in [2.24, 2.45) is 5.92 Å². The number of aryl methyl sites for hydroxylation is 1. The highest BCUT2D eigenvalue weighted by Crippen LogP contribution is 2.38. The lowest BCUT2D eigenvalue weighted by atomic mass is 9.77. The van der Waals surface area contributed by atoms with Crippen LogP contribution in [0, 0.1) is 5.92 Å². The fraction of sp³-hybridized carbons (Fsp3) is 0.629. The van der Waals surface area contributed by atoms with E-state index in [0.29, 0.717) is 11.5 Å². The summed E-state index contributed by atoms with van der Waals surface area (Å²) in [6.07, 6.45) is 15.5. The van der Waals surface area contributed by atoms with Gasteiger partial charge in [-0.15, -0.1) is 0 Å². The Morgan fingerprint density at radius 3 is 2.13 bits per heavy atom. The fourth-order valence-corrected chi connectivity index (χ4v) is 20.6. The van der Waals surface area contributed by atoms with Crippen LogP contribution in [0.2, 0.25) is 44.4 Å². The topological polar surface area (TPSA) is 37.3 Å². The van der Waals surface area contributed by atoms with Crippen LogP contribution in [0.1, 0.15) is 105 Å². The fourth-order valence-electron chi connectivity index (χ4n) is 7.19. The third-order valence-electron chi connectivity index (χ3n) is 8.90. The van der Waals surface area contributed by atoms with Crippen LogP contribution >= 0.6 is 0 Å². The maximum atomic E-state index is 12.0. The molecule has 1 aliphatic rings. The molecule has 0 bridgehead atoms. The first kappa shape index (κ1) is 31.9. The molecule has 0 saturated heterocycles. The van der Waals surface area contributed by atoms with E-state index in [1.54, 1.807) is 5.67 Å². The van der Waals surface area contributed by atoms with Gasteiger partial charge in [0, 0.05) is 16.1 Å². The molecule has 1 fully saturated rings. The van der Waals surface area contributed by atoms with Crippen molar-refractivity contribution < 1.29 is 9.90 Å². The van der Waals surface area contributed by atoms with E-state index in [2.05, 4.69) is 70.0 Å². The van der Waals surface area contributed by atoms with Crippen LogP contribution < -0.4 is 0 Å². The van der Waals surface area contributed by atoms with Gasteiger partial charge in [-0.1, -0.05) is 126 Å². The second kappa shape index (κ2) is 14.8. The Labute approximate surface area is 242 Å². The molecule has 0 aliphatic heterocycles. The predicted octanol–water partition coefficient (Wildman–Crippen LogP) is 11.2. The van der Waals surface area contributed by atoms with Gasteiger partial charge in [0.05, 0.1) is 5.56 Å². The van der Waals surface area contributed by atoms with E-state index in [9.17, 15) is 9.90 Å². The summed E-state index contributed by atoms with van der Waals surface area (Å²) in [5.41, 5.74) is 6.55. The van der Waals surface area contributed by atoms with Crippen molar-refractivity contribution in [3.8, 4) is 11.1 Å². The molecule has 0 aromatic heterocycles. The van der Waals surface area contributed by atoms with Gasteiger partial charge in [-0.05, 0) is 78.7 Å². The molecular formula is C35H56O2Si2. The van der Waals surface area contributed by atoms with Crippen molar-refractivity contribution in [1.29, 1.82) is 0 Å². The Morgan fingerprint density at radius 1 is 0.846 bits per heavy atom. The summed E-state index contributed by atoms with van der Waals surface area (Å²) in [5, 5.41) is 9.88. The number of carbonyl (C=O) groups is 1. The summed E-state index contributed by atoms with van der Waals surface area (Å²) in [4.78, 5) is 12.0. The number of unbranched alkanes of at least 4 members (excludes halogenated alkanes) is 4. The van der Waals surface area contributed by atoms with E-state index in [-0.39, 0.29) is 0 Å². The van der Waals surface area contributed by atoms with E-state index in [0.717, 1.165) is 23.5 Å². The Hall–Kier alpha value is -1.66. The third-order valence-corrected chi connectivity index (χ3v) is 18.7. The van der Waals surface area contributed by atoms with E-state index >= 15 is 0 Å². The summed E-state index contributed by atoms with van der Waals surface area (Å²) in [5.74, 6) is 0.743. The SMILES string of the molecule is CCCCC1CCC(c2ccc(-c3cc(CCCCCC[Si](C)(C)C[Si](C)(C)C)ccc3C(=O)O)cc2)CC1. The molecule has 2 nitrogen and oxygen atoms in total. The van der Waals surface area contributed by atoms with E-state index in [1.165, 1.54) is 87.8 Å². The van der Waals surface area contributed by atoms with Crippen LogP contribution in [0.15, 0.2) is 42.5 Å². The number of carboxylic acid groups (broad SMARTS) is 1. The van der Waals surface area contributed by atoms with E-state index in [1.807, 2.05) is 12.1 Å². The number of aromatic carboxylic acids is 1. The Balaban J connectivity index is 1.55. The van der Waals surface area contributed by atoms with Gasteiger partial charge in [0.15, 0.2) is 0 Å². The summed E-state index contributed by atoms with van der Waals surface area (Å²) in [6, 6.07) is 16.3. The normalized spacial score (nSPS) is 18.3. The highest BCUT2D eigenvalue weighted by molar-refractivity contribution is 6.94. The van der Waals surface area contributed by atoms with Crippen molar-refractivity contribution in [2.45, 2.75) is 134 Å². The Bertz CT molecular complexity index is 1030. The van der Waals surface area contributed by atoms with Crippen LogP contribution in [-0.2, 0) is 6.42 Å². The zero-order chi connectivity index (χ0) is 28.5. The molecule has 39 heavy (non-hydrogen) atoms. The Kier molecular flexibility index (Phi) is 12.1. The molecular weight excluding hydrogens is 509 g/mol. The molecule has 0 spiro atoms. The zero-order valence-electron chi connectivity index (χ0n) is 26.0. The van der Waals surface area contributed by atoms with Gasteiger partial charge in [-0.25, -0.2) is 4.79 Å². The number of carboxylic acids is 1. The molecule has 2 aromatic carbocycles. The monoisotopic (exact) mass is 564 g/mol. The van der Waals surface area contributed by atoms with Crippen LogP contribution in [0.25, 0.3) is 11.1 Å². The van der Waals surface area contributed by atoms with Gasteiger partial charge < -0.3 is 5.11 Å². The molecule has 1 N–H and O–H groups in total. The second-order valence-electron chi connectivity index (χ2n) is 14.5. The third kappa shape index (κ3) is 10.7. The zero-order valence-corrected chi connectivity index (χ0v) is 28.0. The summed E-state index contributed by atoms with van der Waals surface area (Å²) >= 11 is 0. The van der Waals surface area contributed by atoms with Gasteiger partial charge in [0.25, 0.3) is 0 Å². The minimum Gasteiger partial charge on any atom is -0.478 e. The van der Waals surface area contributed by atoms with E-state index < -0.39 is 22.1 Å². The van der Waals surface area contributed by atoms with Crippen molar-refractivity contribution in [1.82, 2.24) is 0 Å². The maximum Gasteiger partial charge on any atom is 0.336 e. The molecule has 216 valence electrons. The lowest BCUT2D eigenvalue weighted by Crippen LogP contribution is -2.37. The van der Waals surface area contributed by atoms with Gasteiger partial charge in [0.2, 0.25) is 0 Å². The van der Waals surface area contributed by atoms with E-state index in [4.69, 9.17) is 0 Å². The van der Waals surface area contributed by atoms with Crippen LogP contribution in [0.3, 0.4) is 0 Å². The van der Waals surface area contributed by atoms with Crippen LogP contribution in [-0.4, -0.2) is 27.2 Å². The molecule has 0 atom stereocenters. The molecule has 2 aromatic rings. The average molecular weight is 565 g/mol. The standard InChI is InChI=1S/C35H56O2Si2/c1-7-8-13-28-15-18-30(19-16-28)31-20-22-32(23-21-31)34-26-29(17-24-33(34)35(36)37)14-11-9-10-12-25-39(5,6)27-38(2,3)4/h17,20-24,26,28,30H,7-16,18-19,25,27H2,1-6H3,(H,36,37). The minimum atomic E-state index is -1.04. The van der Waals surface area contributed by atoms with Crippen molar-refractivity contribution >= 4 is 22.1 Å². The van der Waals surface area contributed by atoms with Gasteiger partial charge in [-0.3, -0.25) is 0 Å². The number of hydrogen-bond donors (Lipinski definition) is 1. The molecule has 3 rings (SSSR count). The predicted molar refractivity (Wildman–Crippen MR) is 176 cm³/mol. The quantitative estimate of drug-likeness (QED) is 0.172. The lowest BCUT2D eigenvalue weighted by molar-refractivity contribution is 0.0697. The van der Waals surface area contributed by atoms with Gasteiger partial charge in [0.1, 0.15) is 0 Å². The lowest BCUT2D eigenvalue weighted by Gasteiger charge is -2.29. The minimum absolute atomic E-state index is 0.414. The largest absolute Gasteiger partial charge is 0.478 e. The summed E-state index contributed by atoms with van der Waals surface area (Å²) < 4.78 is 0. The first-order chi connectivity index (χ1) is 18.5. The molecule has 1 saturated carbocycles. The highest BCUT2D eigenvalue weighted by Gasteiger charge is 2.28. The number of benzene rings is 2. The molecule has 0 heterocycles. The highest BCUT2D eigenvalue weighted by atomic mass is 28.4. The van der Waals surface area contributed by atoms with Crippen LogP contribution in [0.5, 0.6) is 0 Å². The smallest absolute Gasteiger partial charge is 0.336 e. The van der Waals surface area contributed by atoms with Crippen molar-refractivity contribution in [2.75, 3.05) is 0 Å². The van der Waals surface area contributed by atoms with Crippen LogP contribution in [0.4, 0.5) is 0 Å². The second-order valence-corrected chi connectivity index (χ2v) is 25.8. The first-order valence-corrected chi connectivity index (χ1v) is 23.1. The summed E-state index contributed by atoms with van der Waals surface area (Å²) in [7, 11) is -2.00. The molecule has 0 amide bonds.